The molecule has 25 heavy (non-hydrogen) atoms. The molecule has 140 valence electrons. The van der Waals surface area contributed by atoms with Gasteiger partial charge in [-0.25, -0.2) is 4.79 Å². The van der Waals surface area contributed by atoms with E-state index in [-0.39, 0.29) is 6.54 Å². The summed E-state index contributed by atoms with van der Waals surface area (Å²) in [5.41, 5.74) is -0.372. The van der Waals surface area contributed by atoms with Gasteiger partial charge in [0, 0.05) is 13.6 Å². The molecular formula is C17H29N5O3. The minimum Gasteiger partial charge on any atom is -0.392 e. The highest BCUT2D eigenvalue weighted by Gasteiger charge is 2.19. The van der Waals surface area contributed by atoms with Gasteiger partial charge in [-0.1, -0.05) is 33.1 Å². The number of unbranched alkanes of at least 4 members (excludes halogenated alkanes) is 1. The first-order chi connectivity index (χ1) is 11.9. The number of rotatable bonds is 9. The number of nitrogens with one attached hydrogen (secondary N) is 2. The molecule has 8 heteroatoms. The zero-order valence-corrected chi connectivity index (χ0v) is 15.5. The van der Waals surface area contributed by atoms with E-state index in [1.54, 1.807) is 18.5 Å². The molecule has 3 N–H and O–H groups in total. The average molecular weight is 351 g/mol. The number of aryl methyl sites for hydroxylation is 1. The van der Waals surface area contributed by atoms with Crippen LogP contribution in [0.25, 0.3) is 11.2 Å². The summed E-state index contributed by atoms with van der Waals surface area (Å²) >= 11 is 0. The van der Waals surface area contributed by atoms with Gasteiger partial charge in [-0.2, -0.15) is 4.98 Å². The van der Waals surface area contributed by atoms with Crippen molar-refractivity contribution < 1.29 is 5.11 Å². The van der Waals surface area contributed by atoms with Crippen LogP contribution in [-0.4, -0.2) is 36.9 Å². The van der Waals surface area contributed by atoms with E-state index in [1.165, 1.54) is 11.0 Å². The lowest BCUT2D eigenvalue weighted by Crippen LogP contribution is -2.29. The predicted octanol–water partition coefficient (Wildman–Crippen LogP) is 1.43. The molecule has 0 radical (unpaired) electrons. The lowest BCUT2D eigenvalue weighted by Gasteiger charge is -2.17. The van der Waals surface area contributed by atoms with Gasteiger partial charge in [0.25, 0.3) is 5.56 Å². The quantitative estimate of drug-likeness (QED) is 0.634. The normalized spacial score (nSPS) is 14.0. The average Bonchev–Trinajstić information content (AvgIpc) is 2.91. The predicted molar refractivity (Wildman–Crippen MR) is 99.1 cm³/mol. The summed E-state index contributed by atoms with van der Waals surface area (Å²) in [7, 11) is 1.57. The van der Waals surface area contributed by atoms with Crippen molar-refractivity contribution >= 4 is 17.1 Å². The Kier molecular flexibility index (Phi) is 6.41. The van der Waals surface area contributed by atoms with Gasteiger partial charge < -0.3 is 15.0 Å². The van der Waals surface area contributed by atoms with Crippen molar-refractivity contribution in [2.24, 2.45) is 13.0 Å². The van der Waals surface area contributed by atoms with Crippen LogP contribution in [-0.2, 0) is 13.6 Å². The van der Waals surface area contributed by atoms with E-state index >= 15 is 0 Å². The first-order valence-corrected chi connectivity index (χ1v) is 9.00. The minimum absolute atomic E-state index is 0.228. The van der Waals surface area contributed by atoms with E-state index in [2.05, 4.69) is 29.1 Å². The number of anilines is 1. The van der Waals surface area contributed by atoms with Crippen molar-refractivity contribution in [3.63, 3.8) is 0 Å². The zero-order chi connectivity index (χ0) is 18.6. The Morgan fingerprint density at radius 2 is 2.04 bits per heavy atom. The maximum absolute atomic E-state index is 12.3. The number of aromatic amines is 1. The summed E-state index contributed by atoms with van der Waals surface area (Å²) in [5, 5.41) is 13.1. The van der Waals surface area contributed by atoms with Crippen LogP contribution in [0.3, 0.4) is 0 Å². The van der Waals surface area contributed by atoms with Gasteiger partial charge in [0.2, 0.25) is 5.95 Å². The Balaban J connectivity index is 2.41. The summed E-state index contributed by atoms with van der Waals surface area (Å²) in [6.07, 6.45) is 3.89. The topological polar surface area (TPSA) is 105 Å². The second-order valence-corrected chi connectivity index (χ2v) is 6.68. The van der Waals surface area contributed by atoms with Crippen molar-refractivity contribution in [2.75, 3.05) is 11.9 Å². The Morgan fingerprint density at radius 1 is 1.32 bits per heavy atom. The fourth-order valence-corrected chi connectivity index (χ4v) is 2.99. The Labute approximate surface area is 146 Å². The summed E-state index contributed by atoms with van der Waals surface area (Å²) in [5.74, 6) is 1.03. The van der Waals surface area contributed by atoms with Gasteiger partial charge in [0.05, 0.1) is 12.6 Å². The third-order valence-electron chi connectivity index (χ3n) is 4.55. The third kappa shape index (κ3) is 4.31. The van der Waals surface area contributed by atoms with E-state index in [0.29, 0.717) is 23.0 Å². The number of aliphatic hydroxyl groups is 1. The third-order valence-corrected chi connectivity index (χ3v) is 4.55. The molecule has 0 spiro atoms. The number of H-pyrrole nitrogens is 1. The fraction of sp³-hybridized carbons (Fsp3) is 0.706. The van der Waals surface area contributed by atoms with Crippen LogP contribution in [0.5, 0.6) is 0 Å². The molecule has 0 aliphatic rings. The van der Waals surface area contributed by atoms with Gasteiger partial charge in [-0.15, -0.1) is 0 Å². The van der Waals surface area contributed by atoms with Crippen LogP contribution in [0.1, 0.15) is 46.5 Å². The molecule has 0 aliphatic carbocycles. The number of hydrogen-bond acceptors (Lipinski definition) is 5. The first-order valence-electron chi connectivity index (χ1n) is 9.00. The Bertz CT molecular complexity index is 818. The highest BCUT2D eigenvalue weighted by molar-refractivity contribution is 5.74. The van der Waals surface area contributed by atoms with Crippen LogP contribution >= 0.6 is 0 Å². The van der Waals surface area contributed by atoms with Gasteiger partial charge in [0.15, 0.2) is 11.2 Å². The van der Waals surface area contributed by atoms with Crippen molar-refractivity contribution in [3.05, 3.63) is 20.8 Å². The van der Waals surface area contributed by atoms with Gasteiger partial charge in [0.1, 0.15) is 0 Å². The number of hydrogen-bond donors (Lipinski definition) is 3. The molecule has 0 amide bonds. The molecule has 2 atom stereocenters. The lowest BCUT2D eigenvalue weighted by molar-refractivity contribution is 0.175. The van der Waals surface area contributed by atoms with Crippen LogP contribution in [0.2, 0.25) is 0 Å². The Hall–Kier alpha value is -2.09. The molecule has 0 aromatic carbocycles. The molecular weight excluding hydrogens is 322 g/mol. The molecule has 0 fully saturated rings. The van der Waals surface area contributed by atoms with Crippen molar-refractivity contribution in [2.45, 2.75) is 59.1 Å². The number of nitrogens with zero attached hydrogens (tertiary/aromatic N) is 3. The smallest absolute Gasteiger partial charge is 0.329 e. The van der Waals surface area contributed by atoms with E-state index < -0.39 is 17.4 Å². The molecule has 2 heterocycles. The second-order valence-electron chi connectivity index (χ2n) is 6.68. The van der Waals surface area contributed by atoms with Gasteiger partial charge >= 0.3 is 5.69 Å². The second kappa shape index (κ2) is 8.33. The molecule has 0 saturated carbocycles. The molecule has 2 aromatic rings. The number of fused-ring (bicyclic) bond motifs is 1. The van der Waals surface area contributed by atoms with Crippen molar-refractivity contribution in [1.29, 1.82) is 0 Å². The van der Waals surface area contributed by atoms with Crippen LogP contribution in [0.15, 0.2) is 9.59 Å². The number of aliphatic hydroxyl groups excluding tert-OH is 1. The standard InChI is InChI=1S/C17H29N5O3/c1-5-7-8-12(6-2)9-18-16-19-14-13(22(16)10-11(3)23)15(24)20-17(25)21(14)4/h11-12,23H,5-10H2,1-4H3,(H,18,19)(H,20,24,25)/t11-,12+/m1/s1. The largest absolute Gasteiger partial charge is 0.392 e. The van der Waals surface area contributed by atoms with Crippen LogP contribution in [0.4, 0.5) is 5.95 Å². The highest BCUT2D eigenvalue weighted by Crippen LogP contribution is 2.18. The molecule has 2 rings (SSSR count). The molecule has 0 aliphatic heterocycles. The minimum atomic E-state index is -0.642. The fourth-order valence-electron chi connectivity index (χ4n) is 2.99. The maximum Gasteiger partial charge on any atom is 0.329 e. The van der Waals surface area contributed by atoms with Crippen LogP contribution in [0, 0.1) is 5.92 Å². The molecule has 0 saturated heterocycles. The van der Waals surface area contributed by atoms with E-state index in [1.807, 2.05) is 0 Å². The lowest BCUT2D eigenvalue weighted by atomic mass is 9.99. The van der Waals surface area contributed by atoms with E-state index in [0.717, 1.165) is 25.8 Å². The number of imidazole rings is 1. The Morgan fingerprint density at radius 3 is 2.64 bits per heavy atom. The summed E-state index contributed by atoms with van der Waals surface area (Å²) in [4.78, 5) is 30.8. The van der Waals surface area contributed by atoms with Gasteiger partial charge in [-0.3, -0.25) is 14.3 Å². The van der Waals surface area contributed by atoms with Crippen molar-refractivity contribution in [1.82, 2.24) is 19.1 Å². The van der Waals surface area contributed by atoms with E-state index in [9.17, 15) is 14.7 Å². The SMILES string of the molecule is CCCC[C@H](CC)CNc1nc2c(c(=O)[nH]c(=O)n2C)n1C[C@@H](C)O. The van der Waals surface area contributed by atoms with Gasteiger partial charge in [-0.05, 0) is 19.3 Å². The van der Waals surface area contributed by atoms with Crippen molar-refractivity contribution in [3.8, 4) is 0 Å². The first kappa shape index (κ1) is 19.2. The van der Waals surface area contributed by atoms with E-state index in [4.69, 9.17) is 0 Å². The van der Waals surface area contributed by atoms with Crippen LogP contribution < -0.4 is 16.6 Å². The maximum atomic E-state index is 12.3. The highest BCUT2D eigenvalue weighted by atomic mass is 16.3. The summed E-state index contributed by atoms with van der Waals surface area (Å²) < 4.78 is 2.97. The molecule has 8 nitrogen and oxygen atoms in total. The molecule has 2 aromatic heterocycles. The summed E-state index contributed by atoms with van der Waals surface area (Å²) in [6.45, 7) is 6.96. The number of aromatic nitrogens is 4. The molecule has 0 bridgehead atoms. The monoisotopic (exact) mass is 351 g/mol. The summed E-state index contributed by atoms with van der Waals surface area (Å²) in [6, 6.07) is 0. The zero-order valence-electron chi connectivity index (χ0n) is 15.5. The molecule has 0 unspecified atom stereocenters.